The second-order valence-electron chi connectivity index (χ2n) is 11.8. The lowest BCUT2D eigenvalue weighted by Crippen LogP contribution is -2.29. The van der Waals surface area contributed by atoms with Gasteiger partial charge in [-0.1, -0.05) is 25.4 Å². The van der Waals surface area contributed by atoms with E-state index in [1.165, 1.54) is 6.07 Å². The predicted molar refractivity (Wildman–Crippen MR) is 202 cm³/mol. The van der Waals surface area contributed by atoms with Gasteiger partial charge < -0.3 is 24.9 Å². The zero-order valence-electron chi connectivity index (χ0n) is 30.9. The molecule has 0 aliphatic rings. The third-order valence-corrected chi connectivity index (χ3v) is 8.76. The van der Waals surface area contributed by atoms with Gasteiger partial charge in [0.15, 0.2) is 5.69 Å². The Morgan fingerprint density at radius 2 is 1.52 bits per heavy atom. The van der Waals surface area contributed by atoms with Crippen LogP contribution in [-0.2, 0) is 25.6 Å². The molecule has 320 valence electrons. The van der Waals surface area contributed by atoms with Gasteiger partial charge in [0.25, 0.3) is 17.3 Å². The van der Waals surface area contributed by atoms with Crippen molar-refractivity contribution in [1.29, 1.82) is 0 Å². The van der Waals surface area contributed by atoms with E-state index in [0.717, 1.165) is 37.1 Å². The lowest BCUT2D eigenvalue weighted by atomic mass is 10.0. The van der Waals surface area contributed by atoms with Crippen LogP contribution in [0, 0.1) is 44.2 Å². The van der Waals surface area contributed by atoms with Gasteiger partial charge in [-0.15, -0.1) is 0 Å². The summed E-state index contributed by atoms with van der Waals surface area (Å²) in [4.78, 5) is 69.6. The van der Waals surface area contributed by atoms with Crippen molar-refractivity contribution in [3.05, 3.63) is 100 Å². The van der Waals surface area contributed by atoms with Crippen LogP contribution in [0.25, 0.3) is 0 Å². The van der Waals surface area contributed by atoms with Gasteiger partial charge in [0, 0.05) is 29.8 Å². The van der Waals surface area contributed by atoms with Crippen LogP contribution in [-0.4, -0.2) is 75.1 Å². The maximum atomic E-state index is 12.7. The van der Waals surface area contributed by atoms with E-state index in [4.69, 9.17) is 31.2 Å². The first kappa shape index (κ1) is 50.6. The molecule has 0 heterocycles. The van der Waals surface area contributed by atoms with Crippen molar-refractivity contribution >= 4 is 63.8 Å². The molecule has 0 fully saturated rings. The minimum Gasteiger partial charge on any atom is -0.480 e. The fourth-order valence-electron chi connectivity index (χ4n) is 4.43. The summed E-state index contributed by atoms with van der Waals surface area (Å²) in [6.45, 7) is 6.66. The van der Waals surface area contributed by atoms with Gasteiger partial charge in [0.1, 0.15) is 17.1 Å². The first-order valence-electron chi connectivity index (χ1n) is 16.0. The van der Waals surface area contributed by atoms with Crippen LogP contribution in [0.2, 0.25) is 5.02 Å². The summed E-state index contributed by atoms with van der Waals surface area (Å²) < 4.78 is 77.3. The van der Waals surface area contributed by atoms with Gasteiger partial charge in [-0.3, -0.25) is 49.8 Å². The van der Waals surface area contributed by atoms with Crippen LogP contribution >= 0.6 is 19.2 Å². The molecule has 27 heteroatoms. The molecule has 3 aromatic rings. The summed E-state index contributed by atoms with van der Waals surface area (Å²) in [5, 5.41) is 46.1. The number of sulfonamides is 1. The van der Waals surface area contributed by atoms with Crippen molar-refractivity contribution in [3.8, 4) is 11.5 Å². The molecule has 58 heavy (non-hydrogen) atoms. The molecule has 0 saturated carbocycles. The smallest absolute Gasteiger partial charge is 0.416 e. The van der Waals surface area contributed by atoms with E-state index >= 15 is 0 Å². The molecule has 0 bridgehead atoms. The van der Waals surface area contributed by atoms with E-state index in [2.05, 4.69) is 10.6 Å². The number of aliphatic carboxylic acids is 1. The van der Waals surface area contributed by atoms with Crippen molar-refractivity contribution < 1.29 is 70.1 Å². The first-order chi connectivity index (χ1) is 26.5. The Bertz CT molecular complexity index is 2190. The molecular formula is C31H37ClF3N6O15PS. The zero-order chi connectivity index (χ0) is 44.9. The number of alkyl halides is 3. The minimum absolute atomic E-state index is 0.0109. The Kier molecular flexibility index (Phi) is 18.6. The van der Waals surface area contributed by atoms with E-state index in [9.17, 15) is 66.1 Å². The molecule has 6 N–H and O–H groups in total. The number of anilines is 1. The Hall–Kier alpha value is -5.46. The molecule has 21 nitrogen and oxygen atoms in total. The summed E-state index contributed by atoms with van der Waals surface area (Å²) in [6, 6.07) is 6.44. The number of carboxylic acids is 1. The largest absolute Gasteiger partial charge is 0.480 e. The van der Waals surface area contributed by atoms with Crippen LogP contribution in [0.15, 0.2) is 42.5 Å². The summed E-state index contributed by atoms with van der Waals surface area (Å²) in [6.07, 6.45) is -3.07. The normalized spacial score (nSPS) is 11.3. The van der Waals surface area contributed by atoms with Crippen LogP contribution in [0.1, 0.15) is 53.7 Å². The number of amides is 1. The number of halogens is 4. The summed E-state index contributed by atoms with van der Waals surface area (Å²) in [5.74, 6) is -2.82. The third kappa shape index (κ3) is 16.6. The molecule has 0 radical (unpaired) electrons. The van der Waals surface area contributed by atoms with E-state index in [-0.39, 0.29) is 34.6 Å². The second kappa shape index (κ2) is 21.3. The number of hydrogen-bond acceptors (Lipinski definition) is 14. The summed E-state index contributed by atoms with van der Waals surface area (Å²) in [7, 11) is -8.10. The number of carbonyl (C=O) groups excluding carboxylic acids is 1. The van der Waals surface area contributed by atoms with Gasteiger partial charge in [-0.2, -0.15) is 13.2 Å². The Labute approximate surface area is 332 Å². The highest BCUT2D eigenvalue weighted by atomic mass is 35.5. The molecule has 0 aromatic heterocycles. The fourth-order valence-corrected chi connectivity index (χ4v) is 5.50. The number of benzene rings is 3. The van der Waals surface area contributed by atoms with E-state index in [0.29, 0.717) is 29.5 Å². The lowest BCUT2D eigenvalue weighted by molar-refractivity contribution is -0.392. The maximum Gasteiger partial charge on any atom is 0.416 e. The van der Waals surface area contributed by atoms with Gasteiger partial charge in [0.2, 0.25) is 10.0 Å². The molecule has 3 aromatic carbocycles. The van der Waals surface area contributed by atoms with Gasteiger partial charge in [-0.25, -0.2) is 13.1 Å². The quantitative estimate of drug-likeness (QED) is 0.0556. The lowest BCUT2D eigenvalue weighted by Gasteiger charge is -2.17. The first-order valence-corrected chi connectivity index (χ1v) is 20.1. The van der Waals surface area contributed by atoms with Crippen molar-refractivity contribution in [2.45, 2.75) is 52.8 Å². The molecule has 0 saturated heterocycles. The van der Waals surface area contributed by atoms with Crippen molar-refractivity contribution in [2.75, 3.05) is 24.4 Å². The summed E-state index contributed by atoms with van der Waals surface area (Å²) >= 11 is 5.76. The number of nitrogens with one attached hydrogen (secondary N) is 3. The Morgan fingerprint density at radius 3 is 1.95 bits per heavy atom. The number of nitro benzene ring substituents is 3. The Balaban J connectivity index is 0.000000487. The molecule has 0 aliphatic heterocycles. The number of nitro groups is 3. The minimum atomic E-state index is -4.62. The molecule has 0 aliphatic carbocycles. The molecule has 0 spiro atoms. The van der Waals surface area contributed by atoms with Crippen molar-refractivity contribution in [1.82, 2.24) is 10.0 Å². The van der Waals surface area contributed by atoms with Crippen molar-refractivity contribution in [3.63, 3.8) is 0 Å². The van der Waals surface area contributed by atoms with Gasteiger partial charge in [0.05, 0.1) is 44.4 Å². The highest BCUT2D eigenvalue weighted by Crippen LogP contribution is 2.40. The number of aryl methyl sites for hydroxylation is 1. The van der Waals surface area contributed by atoms with E-state index < -0.39 is 85.1 Å². The maximum absolute atomic E-state index is 12.7. The van der Waals surface area contributed by atoms with Crippen LogP contribution in [0.3, 0.4) is 0 Å². The second-order valence-corrected chi connectivity index (χ2v) is 15.6. The average molecular weight is 889 g/mol. The standard InChI is InChI=1S/C15H10ClF3N2O6S.C13H19N3O4.C3H8NO5P/c1-28(25,26)20-14(22)10-7-9(3-4-12(10)21(23)24)27-13-5-2-8(6-11(13)16)15(17,18)19;1-5-10(6-2)14-12-11(15(17)18)7-8(3)9(4)13(12)16(19)20;5-3(6)1-4-2-10(7,8)9/h2-7H,1H3,(H,20,22);7,10,14H,5-6H2,1-4H3;4H,1-2H2,(H,5,6)(H2,7,8,9). The topological polar surface area (TPSA) is 321 Å². The molecular weight excluding hydrogens is 852 g/mol. The predicted octanol–water partition coefficient (Wildman–Crippen LogP) is 6.26. The number of nitrogens with zero attached hydrogens (tertiary/aromatic N) is 3. The SMILES string of the molecule is CCC(CC)Nc1c([N+](=O)[O-])cc(C)c(C)c1[N+](=O)[O-].CS(=O)(=O)NC(=O)c1cc(Oc2ccc(C(F)(F)F)cc2Cl)ccc1[N+](=O)[O-].O=C(O)CNCP(=O)(O)O. The monoisotopic (exact) mass is 888 g/mol. The number of hydrogen-bond donors (Lipinski definition) is 6. The van der Waals surface area contributed by atoms with E-state index in [1.807, 2.05) is 13.8 Å². The number of ether oxygens (including phenoxy) is 1. The average Bonchev–Trinajstić information content (AvgIpc) is 3.07. The third-order valence-electron chi connectivity index (χ3n) is 7.27. The number of rotatable bonds is 15. The highest BCUT2D eigenvalue weighted by Gasteiger charge is 2.32. The fraction of sp³-hybridized carbons (Fsp3) is 0.355. The molecule has 0 unspecified atom stereocenters. The highest BCUT2D eigenvalue weighted by molar-refractivity contribution is 7.89. The van der Waals surface area contributed by atoms with Crippen LogP contribution < -0.4 is 20.1 Å². The zero-order valence-corrected chi connectivity index (χ0v) is 33.4. The van der Waals surface area contributed by atoms with E-state index in [1.54, 1.807) is 18.6 Å². The van der Waals surface area contributed by atoms with Gasteiger partial charge in [-0.05, 0) is 56.5 Å². The summed E-state index contributed by atoms with van der Waals surface area (Å²) in [5.41, 5.74) is -1.79. The van der Waals surface area contributed by atoms with Crippen LogP contribution in [0.4, 0.5) is 35.9 Å². The molecule has 3 rings (SSSR count). The van der Waals surface area contributed by atoms with Gasteiger partial charge >= 0.3 is 25.4 Å². The Morgan fingerprint density at radius 1 is 0.948 bits per heavy atom. The van der Waals surface area contributed by atoms with Crippen molar-refractivity contribution in [2.24, 2.45) is 0 Å². The van der Waals surface area contributed by atoms with Crippen LogP contribution in [0.5, 0.6) is 11.5 Å². The number of carboxylic acid groups (broad SMARTS) is 1. The molecule has 1 amide bonds. The number of carbonyl (C=O) groups is 2. The molecule has 0 atom stereocenters.